The molecule has 0 radical (unpaired) electrons. The molecule has 0 aliphatic heterocycles. The molecule has 0 atom stereocenters. The van der Waals surface area contributed by atoms with Crippen molar-refractivity contribution < 1.29 is 0 Å². The third kappa shape index (κ3) is 2.61. The molecule has 0 spiro atoms. The number of pyridine rings is 1. The summed E-state index contributed by atoms with van der Waals surface area (Å²) in [6.45, 7) is 0.688. The minimum atomic E-state index is 0.688. The summed E-state index contributed by atoms with van der Waals surface area (Å²) in [5, 5.41) is 0. The molecular formula is C12H14N4. The normalized spacial score (nSPS) is 10.3. The largest absolute Gasteiger partial charge is 0.330 e. The molecule has 2 aromatic heterocycles. The number of nitrogens with two attached hydrogens (primary N) is 1. The summed E-state index contributed by atoms with van der Waals surface area (Å²) in [5.74, 6) is 0. The average Bonchev–Trinajstić information content (AvgIpc) is 2.38. The maximum absolute atomic E-state index is 5.44. The molecule has 0 amide bonds. The van der Waals surface area contributed by atoms with Gasteiger partial charge in [-0.3, -0.25) is 15.0 Å². The quantitative estimate of drug-likeness (QED) is 0.836. The van der Waals surface area contributed by atoms with Gasteiger partial charge in [-0.05, 0) is 31.5 Å². The fourth-order valence-corrected chi connectivity index (χ4v) is 1.44. The minimum Gasteiger partial charge on any atom is -0.330 e. The van der Waals surface area contributed by atoms with Gasteiger partial charge in [0.15, 0.2) is 0 Å². The summed E-state index contributed by atoms with van der Waals surface area (Å²) < 4.78 is 0. The van der Waals surface area contributed by atoms with Gasteiger partial charge in [-0.15, -0.1) is 0 Å². The van der Waals surface area contributed by atoms with Gasteiger partial charge in [0.1, 0.15) is 0 Å². The lowest BCUT2D eigenvalue weighted by atomic mass is 10.2. The molecule has 0 fully saturated rings. The molecule has 2 rings (SSSR count). The number of rotatable bonds is 4. The summed E-state index contributed by atoms with van der Waals surface area (Å²) >= 11 is 0. The van der Waals surface area contributed by atoms with Crippen LogP contribution in [0, 0.1) is 0 Å². The van der Waals surface area contributed by atoms with Crippen LogP contribution >= 0.6 is 0 Å². The second-order valence-corrected chi connectivity index (χ2v) is 3.52. The maximum Gasteiger partial charge on any atom is 0.0886 e. The van der Waals surface area contributed by atoms with Crippen LogP contribution in [-0.2, 0) is 6.42 Å². The van der Waals surface area contributed by atoms with E-state index in [0.29, 0.717) is 6.54 Å². The van der Waals surface area contributed by atoms with E-state index in [-0.39, 0.29) is 0 Å². The van der Waals surface area contributed by atoms with Crippen molar-refractivity contribution in [2.24, 2.45) is 5.73 Å². The first-order valence-corrected chi connectivity index (χ1v) is 5.31. The smallest absolute Gasteiger partial charge is 0.0886 e. The van der Waals surface area contributed by atoms with Crippen molar-refractivity contribution in [1.82, 2.24) is 15.0 Å². The zero-order chi connectivity index (χ0) is 11.2. The lowest BCUT2D eigenvalue weighted by molar-refractivity contribution is 0.805. The van der Waals surface area contributed by atoms with E-state index >= 15 is 0 Å². The van der Waals surface area contributed by atoms with Gasteiger partial charge in [0.05, 0.1) is 17.6 Å². The van der Waals surface area contributed by atoms with Crippen molar-refractivity contribution in [3.8, 4) is 11.3 Å². The number of hydrogen-bond acceptors (Lipinski definition) is 4. The van der Waals surface area contributed by atoms with Crippen molar-refractivity contribution in [2.75, 3.05) is 6.54 Å². The fraction of sp³-hybridized carbons (Fsp3) is 0.250. The van der Waals surface area contributed by atoms with E-state index in [9.17, 15) is 0 Å². The van der Waals surface area contributed by atoms with Crippen LogP contribution in [0.4, 0.5) is 0 Å². The Bertz CT molecular complexity index is 425. The van der Waals surface area contributed by atoms with Gasteiger partial charge >= 0.3 is 0 Å². The zero-order valence-corrected chi connectivity index (χ0v) is 9.00. The highest BCUT2D eigenvalue weighted by Gasteiger charge is 1.99. The number of nitrogens with zero attached hydrogens (tertiary/aromatic N) is 3. The Morgan fingerprint density at radius 2 is 1.88 bits per heavy atom. The molecule has 82 valence electrons. The van der Waals surface area contributed by atoms with Crippen molar-refractivity contribution in [3.63, 3.8) is 0 Å². The van der Waals surface area contributed by atoms with E-state index in [1.54, 1.807) is 18.6 Å². The van der Waals surface area contributed by atoms with Gasteiger partial charge in [0.25, 0.3) is 0 Å². The van der Waals surface area contributed by atoms with Gasteiger partial charge in [-0.1, -0.05) is 0 Å². The van der Waals surface area contributed by atoms with Gasteiger partial charge in [-0.25, -0.2) is 0 Å². The molecule has 4 heteroatoms. The molecular weight excluding hydrogens is 200 g/mol. The predicted octanol–water partition coefficient (Wildman–Crippen LogP) is 1.43. The topological polar surface area (TPSA) is 64.7 Å². The molecule has 0 saturated heterocycles. The van der Waals surface area contributed by atoms with E-state index in [2.05, 4.69) is 15.0 Å². The van der Waals surface area contributed by atoms with E-state index in [1.165, 1.54) is 0 Å². The monoisotopic (exact) mass is 214 g/mol. The van der Waals surface area contributed by atoms with E-state index in [4.69, 9.17) is 5.73 Å². The highest BCUT2D eigenvalue weighted by molar-refractivity contribution is 5.56. The van der Waals surface area contributed by atoms with Crippen LogP contribution in [-0.4, -0.2) is 21.5 Å². The Labute approximate surface area is 94.6 Å². The third-order valence-corrected chi connectivity index (χ3v) is 2.32. The van der Waals surface area contributed by atoms with Crippen LogP contribution < -0.4 is 5.73 Å². The number of hydrogen-bond donors (Lipinski definition) is 1. The van der Waals surface area contributed by atoms with Crippen molar-refractivity contribution in [2.45, 2.75) is 12.8 Å². The van der Waals surface area contributed by atoms with Crippen LogP contribution in [0.5, 0.6) is 0 Å². The summed E-state index contributed by atoms with van der Waals surface area (Å²) in [5.41, 5.74) is 8.34. The van der Waals surface area contributed by atoms with Gasteiger partial charge < -0.3 is 5.73 Å². The molecule has 0 saturated carbocycles. The molecule has 0 aliphatic rings. The standard InChI is InChI=1S/C12H14N4/c13-5-1-2-11-8-16-12(9-15-11)10-3-6-14-7-4-10/h3-4,6-9H,1-2,5,13H2. The van der Waals surface area contributed by atoms with Crippen molar-refractivity contribution in [3.05, 3.63) is 42.6 Å². The highest BCUT2D eigenvalue weighted by atomic mass is 14.8. The maximum atomic E-state index is 5.44. The van der Waals surface area contributed by atoms with Gasteiger partial charge in [0.2, 0.25) is 0 Å². The first-order chi connectivity index (χ1) is 7.90. The second-order valence-electron chi connectivity index (χ2n) is 3.52. The Hall–Kier alpha value is -1.81. The summed E-state index contributed by atoms with van der Waals surface area (Å²) in [4.78, 5) is 12.7. The van der Waals surface area contributed by atoms with Crippen LogP contribution in [0.15, 0.2) is 36.9 Å². The molecule has 0 unspecified atom stereocenters. The molecule has 0 aromatic carbocycles. The Morgan fingerprint density at radius 1 is 1.06 bits per heavy atom. The Morgan fingerprint density at radius 3 is 2.50 bits per heavy atom. The lowest BCUT2D eigenvalue weighted by Crippen LogP contribution is -2.02. The summed E-state index contributed by atoms with van der Waals surface area (Å²) in [7, 11) is 0. The number of aryl methyl sites for hydroxylation is 1. The van der Waals surface area contributed by atoms with Gasteiger partial charge in [0, 0.05) is 24.2 Å². The average molecular weight is 214 g/mol. The van der Waals surface area contributed by atoms with Crippen molar-refractivity contribution in [1.29, 1.82) is 0 Å². The first kappa shape index (κ1) is 10.7. The Balaban J connectivity index is 2.13. The van der Waals surface area contributed by atoms with E-state index in [0.717, 1.165) is 29.8 Å². The predicted molar refractivity (Wildman–Crippen MR) is 62.6 cm³/mol. The molecule has 0 bridgehead atoms. The van der Waals surface area contributed by atoms with Crippen LogP contribution in [0.2, 0.25) is 0 Å². The minimum absolute atomic E-state index is 0.688. The number of aromatic nitrogens is 3. The van der Waals surface area contributed by atoms with Gasteiger partial charge in [-0.2, -0.15) is 0 Å². The van der Waals surface area contributed by atoms with Crippen LogP contribution in [0.1, 0.15) is 12.1 Å². The van der Waals surface area contributed by atoms with Crippen LogP contribution in [0.3, 0.4) is 0 Å². The van der Waals surface area contributed by atoms with E-state index < -0.39 is 0 Å². The molecule has 0 aliphatic carbocycles. The van der Waals surface area contributed by atoms with Crippen molar-refractivity contribution >= 4 is 0 Å². The first-order valence-electron chi connectivity index (χ1n) is 5.31. The lowest BCUT2D eigenvalue weighted by Gasteiger charge is -2.01. The van der Waals surface area contributed by atoms with Crippen LogP contribution in [0.25, 0.3) is 11.3 Å². The highest BCUT2D eigenvalue weighted by Crippen LogP contribution is 2.13. The second kappa shape index (κ2) is 5.32. The fourth-order valence-electron chi connectivity index (χ4n) is 1.44. The molecule has 2 N–H and O–H groups in total. The molecule has 16 heavy (non-hydrogen) atoms. The molecule has 2 heterocycles. The Kier molecular flexibility index (Phi) is 3.56. The molecule has 4 nitrogen and oxygen atoms in total. The summed E-state index contributed by atoms with van der Waals surface area (Å²) in [6, 6.07) is 3.84. The third-order valence-electron chi connectivity index (χ3n) is 2.32. The SMILES string of the molecule is NCCCc1cnc(-c2ccncc2)cn1. The summed E-state index contributed by atoms with van der Waals surface area (Å²) in [6.07, 6.45) is 8.94. The zero-order valence-electron chi connectivity index (χ0n) is 9.00. The van der Waals surface area contributed by atoms with E-state index in [1.807, 2.05) is 18.3 Å². The molecule has 2 aromatic rings.